The van der Waals surface area contributed by atoms with Crippen molar-refractivity contribution < 1.29 is 0 Å². The third-order valence-electron chi connectivity index (χ3n) is 10.6. The number of nitrogens with zero attached hydrogens (tertiary/aromatic N) is 5. The number of para-hydroxylation sites is 2. The van der Waals surface area contributed by atoms with E-state index in [9.17, 15) is 15.8 Å². The largest absolute Gasteiger partial charge is 0.333 e. The number of rotatable bonds is 4. The van der Waals surface area contributed by atoms with E-state index in [4.69, 9.17) is 0 Å². The Morgan fingerprint density at radius 3 is 2.28 bits per heavy atom. The molecule has 0 saturated carbocycles. The van der Waals surface area contributed by atoms with Gasteiger partial charge in [-0.25, -0.2) is 0 Å². The normalized spacial score (nSPS) is 21.5. The summed E-state index contributed by atoms with van der Waals surface area (Å²) in [5, 5.41) is 31.4. The summed E-state index contributed by atoms with van der Waals surface area (Å²) >= 11 is 0. The quantitative estimate of drug-likeness (QED) is 0.196. The van der Waals surface area contributed by atoms with Crippen LogP contribution >= 0.6 is 0 Å². The summed E-state index contributed by atoms with van der Waals surface area (Å²) in [5.41, 5.74) is 12.5. The molecule has 0 spiro atoms. The molecule has 5 heteroatoms. The van der Waals surface area contributed by atoms with E-state index in [1.807, 2.05) is 18.2 Å². The third-order valence-corrected chi connectivity index (χ3v) is 10.6. The molecule has 50 heavy (non-hydrogen) atoms. The highest BCUT2D eigenvalue weighted by atomic mass is 15.2. The van der Waals surface area contributed by atoms with Gasteiger partial charge in [-0.3, -0.25) is 0 Å². The van der Waals surface area contributed by atoms with E-state index in [1.54, 1.807) is 0 Å². The zero-order chi connectivity index (χ0) is 33.8. The van der Waals surface area contributed by atoms with Crippen molar-refractivity contribution in [2.75, 3.05) is 4.90 Å². The molecular formula is C45H31N5. The van der Waals surface area contributed by atoms with Crippen LogP contribution in [-0.4, -0.2) is 10.6 Å². The molecule has 0 radical (unpaired) electrons. The lowest BCUT2D eigenvalue weighted by Gasteiger charge is -2.29. The fourth-order valence-electron chi connectivity index (χ4n) is 8.35. The van der Waals surface area contributed by atoms with Crippen molar-refractivity contribution >= 4 is 39.6 Å². The van der Waals surface area contributed by atoms with E-state index in [1.165, 1.54) is 11.3 Å². The van der Waals surface area contributed by atoms with Crippen LogP contribution in [-0.2, 0) is 0 Å². The second-order valence-corrected chi connectivity index (χ2v) is 13.3. The van der Waals surface area contributed by atoms with Crippen LogP contribution in [0.5, 0.6) is 0 Å². The number of fused-ring (bicyclic) bond motifs is 6. The minimum atomic E-state index is -0.350. The van der Waals surface area contributed by atoms with E-state index in [0.29, 0.717) is 18.4 Å². The second-order valence-electron chi connectivity index (χ2n) is 13.3. The van der Waals surface area contributed by atoms with Gasteiger partial charge in [-0.1, -0.05) is 109 Å². The molecule has 9 rings (SSSR count). The minimum Gasteiger partial charge on any atom is -0.333 e. The van der Waals surface area contributed by atoms with Crippen LogP contribution < -0.4 is 4.90 Å². The van der Waals surface area contributed by atoms with Crippen molar-refractivity contribution in [1.29, 1.82) is 15.8 Å². The van der Waals surface area contributed by atoms with Crippen molar-refractivity contribution in [1.82, 2.24) is 4.57 Å². The molecule has 1 aromatic heterocycles. The molecule has 4 unspecified atom stereocenters. The zero-order valence-corrected chi connectivity index (χ0v) is 27.2. The highest BCUT2D eigenvalue weighted by molar-refractivity contribution is 6.00. The standard InChI is InChI=1S/C45H31N5/c46-26-29-18-23-43-40(24-29)38-13-2-3-16-41(38)49(43)35-11-5-8-32(25-35)30-19-21-31(22-20-30)36-14-6-9-33(27-47)44(36)50-42-17-4-1-12-37(42)39-15-7-10-34(28-48)45(39)50/h1-8,11-25,33-34,40,43H,9-10H2. The van der Waals surface area contributed by atoms with Gasteiger partial charge in [0.1, 0.15) is 0 Å². The maximum absolute atomic E-state index is 10.5. The lowest BCUT2D eigenvalue weighted by Crippen LogP contribution is -2.29. The summed E-state index contributed by atoms with van der Waals surface area (Å²) in [4.78, 5) is 2.39. The summed E-state index contributed by atoms with van der Waals surface area (Å²) in [7, 11) is 0. The van der Waals surface area contributed by atoms with Gasteiger partial charge in [0.25, 0.3) is 0 Å². The Balaban J connectivity index is 1.13. The smallest absolute Gasteiger partial charge is 0.0988 e. The summed E-state index contributed by atoms with van der Waals surface area (Å²) < 4.78 is 2.22. The minimum absolute atomic E-state index is 0.102. The topological polar surface area (TPSA) is 79.5 Å². The summed E-state index contributed by atoms with van der Waals surface area (Å²) in [6.45, 7) is 0. The Hall–Kier alpha value is -6.61. The first-order chi connectivity index (χ1) is 24.7. The molecule has 236 valence electrons. The van der Waals surface area contributed by atoms with Gasteiger partial charge in [0.05, 0.1) is 41.6 Å². The lowest BCUT2D eigenvalue weighted by molar-refractivity contribution is 0.741. The van der Waals surface area contributed by atoms with Crippen LogP contribution in [0, 0.1) is 39.9 Å². The predicted molar refractivity (Wildman–Crippen MR) is 200 cm³/mol. The van der Waals surface area contributed by atoms with E-state index >= 15 is 0 Å². The predicted octanol–water partition coefficient (Wildman–Crippen LogP) is 10.4. The van der Waals surface area contributed by atoms with Crippen LogP contribution in [0.3, 0.4) is 0 Å². The lowest BCUT2D eigenvalue weighted by atomic mass is 9.87. The number of benzene rings is 4. The number of nitriles is 3. The van der Waals surface area contributed by atoms with E-state index in [-0.39, 0.29) is 23.8 Å². The van der Waals surface area contributed by atoms with Crippen LogP contribution in [0.25, 0.3) is 39.4 Å². The highest BCUT2D eigenvalue weighted by Gasteiger charge is 2.38. The Morgan fingerprint density at radius 2 is 1.44 bits per heavy atom. The first kappa shape index (κ1) is 29.5. The van der Waals surface area contributed by atoms with Gasteiger partial charge < -0.3 is 9.47 Å². The molecule has 0 amide bonds. The van der Waals surface area contributed by atoms with Gasteiger partial charge >= 0.3 is 0 Å². The van der Waals surface area contributed by atoms with Crippen LogP contribution in [0.1, 0.15) is 47.1 Å². The van der Waals surface area contributed by atoms with E-state index in [2.05, 4.69) is 149 Å². The first-order valence-corrected chi connectivity index (χ1v) is 17.1. The molecule has 3 aliphatic carbocycles. The second kappa shape index (κ2) is 11.8. The molecule has 4 atom stereocenters. The van der Waals surface area contributed by atoms with Crippen LogP contribution in [0.2, 0.25) is 0 Å². The average molecular weight is 642 g/mol. The van der Waals surface area contributed by atoms with Gasteiger partial charge in [0.2, 0.25) is 0 Å². The average Bonchev–Trinajstić information content (AvgIpc) is 3.70. The van der Waals surface area contributed by atoms with E-state index in [0.717, 1.165) is 55.8 Å². The van der Waals surface area contributed by atoms with Gasteiger partial charge in [-0.05, 0) is 65.4 Å². The first-order valence-electron chi connectivity index (χ1n) is 17.1. The number of allylic oxidation sites excluding steroid dienone is 7. The van der Waals surface area contributed by atoms with Gasteiger partial charge in [0, 0.05) is 50.8 Å². The number of hydrogen-bond acceptors (Lipinski definition) is 4. The molecule has 4 aromatic carbocycles. The zero-order valence-electron chi connectivity index (χ0n) is 27.2. The third kappa shape index (κ3) is 4.51. The summed E-state index contributed by atoms with van der Waals surface area (Å²) in [6, 6.07) is 41.6. The monoisotopic (exact) mass is 641 g/mol. The maximum Gasteiger partial charge on any atom is 0.0988 e. The Labute approximate surface area is 291 Å². The van der Waals surface area contributed by atoms with Crippen molar-refractivity contribution in [3.63, 3.8) is 0 Å². The van der Waals surface area contributed by atoms with Crippen molar-refractivity contribution in [2.24, 2.45) is 5.92 Å². The van der Waals surface area contributed by atoms with Crippen LogP contribution in [0.15, 0.2) is 139 Å². The number of aromatic nitrogens is 1. The molecule has 4 aliphatic rings. The van der Waals surface area contributed by atoms with Crippen molar-refractivity contribution in [2.45, 2.75) is 30.7 Å². The molecule has 0 bridgehead atoms. The molecule has 5 aromatic rings. The molecule has 0 N–H and O–H groups in total. The molecule has 1 aliphatic heterocycles. The molecule has 2 heterocycles. The summed E-state index contributed by atoms with van der Waals surface area (Å²) in [5.74, 6) is -0.515. The Kier molecular flexibility index (Phi) is 6.98. The SMILES string of the molecule is N#CC1=CC2c3ccccc3N(c3cccc(-c4ccc(C5=C(n6c7c(c8ccccc86)C=CCC7C#N)C(C#N)CC=C5)cc4)c3)C2C=C1. The Bertz CT molecular complexity index is 2500. The summed E-state index contributed by atoms with van der Waals surface area (Å²) in [6.07, 6.45) is 15.9. The van der Waals surface area contributed by atoms with E-state index < -0.39 is 0 Å². The van der Waals surface area contributed by atoms with Gasteiger partial charge in [0.15, 0.2) is 0 Å². The van der Waals surface area contributed by atoms with Crippen molar-refractivity contribution in [3.8, 4) is 29.3 Å². The van der Waals surface area contributed by atoms with Crippen molar-refractivity contribution in [3.05, 3.63) is 161 Å². The molecule has 0 fully saturated rings. The van der Waals surface area contributed by atoms with Gasteiger partial charge in [-0.2, -0.15) is 15.8 Å². The number of hydrogen-bond donors (Lipinski definition) is 0. The highest BCUT2D eigenvalue weighted by Crippen LogP contribution is 2.49. The Morgan fingerprint density at radius 1 is 0.680 bits per heavy atom. The molecule has 5 nitrogen and oxygen atoms in total. The van der Waals surface area contributed by atoms with Crippen LogP contribution in [0.4, 0.5) is 11.4 Å². The molecule has 0 saturated heterocycles. The number of anilines is 2. The van der Waals surface area contributed by atoms with Gasteiger partial charge in [-0.15, -0.1) is 0 Å². The molecular weight excluding hydrogens is 611 g/mol. The maximum atomic E-state index is 10.5. The fraction of sp³-hybridized carbons (Fsp3) is 0.133. The fourth-order valence-corrected chi connectivity index (χ4v) is 8.35.